The summed E-state index contributed by atoms with van der Waals surface area (Å²) in [5, 5.41) is 0. The summed E-state index contributed by atoms with van der Waals surface area (Å²) in [6.45, 7) is 11.0. The van der Waals surface area contributed by atoms with E-state index in [0.717, 1.165) is 0 Å². The van der Waals surface area contributed by atoms with Crippen LogP contribution in [0.3, 0.4) is 0 Å². The summed E-state index contributed by atoms with van der Waals surface area (Å²) in [4.78, 5) is 0. The average Bonchev–Trinajstić information content (AvgIpc) is 1.90. The van der Waals surface area contributed by atoms with E-state index in [-0.39, 0.29) is 9.68 Å². The summed E-state index contributed by atoms with van der Waals surface area (Å²) < 4.78 is 5.71. The van der Waals surface area contributed by atoms with E-state index in [0.29, 0.717) is 0 Å². The van der Waals surface area contributed by atoms with Crippen molar-refractivity contribution in [1.29, 1.82) is 0 Å². The summed E-state index contributed by atoms with van der Waals surface area (Å²) in [5.41, 5.74) is 0. The Labute approximate surface area is 69.6 Å². The maximum atomic E-state index is 2.91. The first-order valence-electron chi connectivity index (χ1n) is 4.23. The molecule has 10 heavy (non-hydrogen) atoms. The van der Waals surface area contributed by atoms with Gasteiger partial charge in [0, 0.05) is 0 Å². The normalized spacial score (nSPS) is 37.2. The third-order valence-corrected chi connectivity index (χ3v) is 18.5. The molecule has 1 aliphatic heterocycles. The van der Waals surface area contributed by atoms with Crippen LogP contribution in [-0.2, 0) is 0 Å². The zero-order valence-electron chi connectivity index (χ0n) is 7.46. The molecule has 60 valence electrons. The van der Waals surface area contributed by atoms with E-state index in [1.807, 2.05) is 0 Å². The van der Waals surface area contributed by atoms with Gasteiger partial charge in [-0.2, -0.15) is 0 Å². The van der Waals surface area contributed by atoms with Gasteiger partial charge in [0.15, 0.2) is 18.2 Å². The smallest absolute Gasteiger partial charge is 0.167 e. The first-order valence-corrected chi connectivity index (χ1v) is 10.7. The Morgan fingerprint density at radius 3 is 2.10 bits per heavy atom. The minimum atomic E-state index is -0.467. The lowest BCUT2D eigenvalue weighted by atomic mass is 10.8. The fourth-order valence-electron chi connectivity index (χ4n) is 1.99. The molecule has 0 aromatic heterocycles. The van der Waals surface area contributed by atoms with Crippen molar-refractivity contribution in [1.82, 2.24) is 8.13 Å². The summed E-state index contributed by atoms with van der Waals surface area (Å²) in [5.74, 6) is 0. The molecule has 0 aliphatic carbocycles. The van der Waals surface area contributed by atoms with Gasteiger partial charge in [-0.05, 0) is 19.6 Å². The van der Waals surface area contributed by atoms with E-state index >= 15 is 0 Å². The maximum Gasteiger partial charge on any atom is 0.167 e. The van der Waals surface area contributed by atoms with Crippen LogP contribution in [-0.4, -0.2) is 42.6 Å². The largest absolute Gasteiger partial charge is 0.355 e. The predicted molar refractivity (Wildman–Crippen MR) is 54.7 cm³/mol. The highest BCUT2D eigenvalue weighted by atomic mass is 28.5. The highest BCUT2D eigenvalue weighted by Crippen LogP contribution is 2.17. The van der Waals surface area contributed by atoms with Crippen molar-refractivity contribution in [2.45, 2.75) is 26.6 Å². The Balaban J connectivity index is 2.42. The van der Waals surface area contributed by atoms with Gasteiger partial charge >= 0.3 is 0 Å². The molecule has 0 aromatic carbocycles. The van der Waals surface area contributed by atoms with Gasteiger partial charge in [0.2, 0.25) is 0 Å². The van der Waals surface area contributed by atoms with Gasteiger partial charge in [-0.25, -0.2) is 0 Å². The topological polar surface area (TPSA) is 6.48 Å². The summed E-state index contributed by atoms with van der Waals surface area (Å²) in [6, 6.07) is 0. The Bertz CT molecular complexity index is 99.5. The molecule has 0 saturated carbocycles. The lowest BCUT2D eigenvalue weighted by Gasteiger charge is -2.54. The molecular formula is C5H18N2Si3. The highest BCUT2D eigenvalue weighted by molar-refractivity contribution is 6.91. The van der Waals surface area contributed by atoms with E-state index in [4.69, 9.17) is 0 Å². The van der Waals surface area contributed by atoms with E-state index in [1.165, 1.54) is 6.54 Å². The molecule has 1 aliphatic rings. The van der Waals surface area contributed by atoms with E-state index in [2.05, 4.69) is 34.7 Å². The predicted octanol–water partition coefficient (Wildman–Crippen LogP) is -0.544. The first-order chi connectivity index (χ1) is 4.72. The van der Waals surface area contributed by atoms with Crippen LogP contribution in [0.2, 0.25) is 19.6 Å². The molecule has 2 unspecified atom stereocenters. The molecule has 0 aromatic rings. The van der Waals surface area contributed by atoms with Crippen LogP contribution in [0, 0.1) is 0 Å². The molecule has 1 saturated heterocycles. The van der Waals surface area contributed by atoms with Crippen LogP contribution >= 0.6 is 0 Å². The molecular weight excluding hydrogens is 172 g/mol. The number of hydrogen-bond donors (Lipinski definition) is 0. The van der Waals surface area contributed by atoms with Crippen molar-refractivity contribution in [2.24, 2.45) is 0 Å². The van der Waals surface area contributed by atoms with Crippen molar-refractivity contribution in [3.05, 3.63) is 0 Å². The lowest BCUT2D eigenvalue weighted by Crippen LogP contribution is -2.75. The van der Waals surface area contributed by atoms with E-state index in [9.17, 15) is 0 Å². The van der Waals surface area contributed by atoms with Gasteiger partial charge in [-0.15, -0.1) is 0 Å². The van der Waals surface area contributed by atoms with Gasteiger partial charge in [0.05, 0.1) is 9.68 Å². The molecule has 0 bridgehead atoms. The average molecular weight is 190 g/mol. The fourth-order valence-corrected chi connectivity index (χ4v) is 16.5. The quantitative estimate of drug-likeness (QED) is 0.540. The van der Waals surface area contributed by atoms with Gasteiger partial charge in [0.1, 0.15) is 0 Å². The summed E-state index contributed by atoms with van der Waals surface area (Å²) in [6.07, 6.45) is 0. The second-order valence-corrected chi connectivity index (χ2v) is 12.1. The van der Waals surface area contributed by atoms with Gasteiger partial charge in [-0.1, -0.05) is 13.5 Å². The molecule has 1 fully saturated rings. The van der Waals surface area contributed by atoms with Crippen molar-refractivity contribution in [3.63, 3.8) is 0 Å². The molecule has 2 nitrogen and oxygen atoms in total. The monoisotopic (exact) mass is 190 g/mol. The van der Waals surface area contributed by atoms with E-state index < -0.39 is 18.2 Å². The third kappa shape index (κ3) is 1.16. The van der Waals surface area contributed by atoms with Crippen molar-refractivity contribution in [2.75, 3.05) is 6.54 Å². The van der Waals surface area contributed by atoms with Crippen LogP contribution in [0.1, 0.15) is 6.92 Å². The Kier molecular flexibility index (Phi) is 2.87. The van der Waals surface area contributed by atoms with Crippen LogP contribution in [0.5, 0.6) is 0 Å². The molecule has 5 heteroatoms. The summed E-state index contributed by atoms with van der Waals surface area (Å²) in [7, 11) is -0.729. The van der Waals surface area contributed by atoms with Gasteiger partial charge in [0.25, 0.3) is 0 Å². The third-order valence-electron chi connectivity index (χ3n) is 2.65. The zero-order chi connectivity index (χ0) is 7.72. The molecule has 0 amide bonds. The van der Waals surface area contributed by atoms with Crippen LogP contribution in [0.4, 0.5) is 0 Å². The van der Waals surface area contributed by atoms with Crippen LogP contribution < -0.4 is 0 Å². The molecule has 0 N–H and O–H groups in total. The molecule has 1 heterocycles. The minimum Gasteiger partial charge on any atom is -0.355 e. The summed E-state index contributed by atoms with van der Waals surface area (Å²) >= 11 is 0. The minimum absolute atomic E-state index is 0.204. The fraction of sp³-hybridized carbons (Fsp3) is 1.00. The Morgan fingerprint density at radius 2 is 1.80 bits per heavy atom. The molecule has 0 spiro atoms. The van der Waals surface area contributed by atoms with Crippen molar-refractivity contribution in [3.8, 4) is 0 Å². The Hall–Kier alpha value is 0.571. The van der Waals surface area contributed by atoms with Gasteiger partial charge < -0.3 is 8.13 Å². The standard InChI is InChI=1S/C5H18N2Si3/c1-5-6-9(3)7(8-2)10(6)4/h9-10H,5,8H2,1-4H3. The molecule has 2 atom stereocenters. The van der Waals surface area contributed by atoms with Crippen molar-refractivity contribution < 1.29 is 0 Å². The number of rotatable bonds is 2. The second-order valence-electron chi connectivity index (χ2n) is 2.92. The lowest BCUT2D eigenvalue weighted by molar-refractivity contribution is 0.553. The molecule has 1 rings (SSSR count). The van der Waals surface area contributed by atoms with E-state index in [1.54, 1.807) is 0 Å². The van der Waals surface area contributed by atoms with Crippen molar-refractivity contribution >= 4 is 27.9 Å². The zero-order valence-corrected chi connectivity index (χ0v) is 11.2. The number of nitrogens with zero attached hydrogens (tertiary/aromatic N) is 2. The van der Waals surface area contributed by atoms with Crippen LogP contribution in [0.25, 0.3) is 0 Å². The number of hydrogen-bond acceptors (Lipinski definition) is 2. The first kappa shape index (κ1) is 8.67. The van der Waals surface area contributed by atoms with Gasteiger partial charge in [-0.3, -0.25) is 0 Å². The van der Waals surface area contributed by atoms with Crippen LogP contribution in [0.15, 0.2) is 0 Å². The maximum absolute atomic E-state index is 2.91. The molecule has 0 radical (unpaired) electrons. The Morgan fingerprint density at radius 1 is 1.30 bits per heavy atom. The SMILES string of the molecule is CCN1[SiH](C)N([SiH2]C)[SiH]1C. The highest BCUT2D eigenvalue weighted by Gasteiger charge is 2.39. The second kappa shape index (κ2) is 3.31.